The Morgan fingerprint density at radius 1 is 1.13 bits per heavy atom. The van der Waals surface area contributed by atoms with E-state index in [0.717, 1.165) is 5.56 Å². The summed E-state index contributed by atoms with van der Waals surface area (Å²) in [6.07, 6.45) is 0.548. The molecule has 0 aliphatic rings. The molecule has 0 radical (unpaired) electrons. The zero-order valence-corrected chi connectivity index (χ0v) is 12.9. The van der Waals surface area contributed by atoms with Gasteiger partial charge in [0.15, 0.2) is 5.78 Å². The maximum Gasteiger partial charge on any atom is 0.216 e. The summed E-state index contributed by atoms with van der Waals surface area (Å²) >= 11 is 0. The Hall–Kier alpha value is -3.06. The number of nitrogens with one attached hydrogen (secondary N) is 1. The first-order valence-corrected chi connectivity index (χ1v) is 7.30. The topological polar surface area (TPSA) is 72.2 Å². The summed E-state index contributed by atoms with van der Waals surface area (Å²) in [5.41, 5.74) is 8.12. The summed E-state index contributed by atoms with van der Waals surface area (Å²) in [4.78, 5) is 23.3. The zero-order chi connectivity index (χ0) is 16.7. The fourth-order valence-electron chi connectivity index (χ4n) is 2.04. The van der Waals surface area contributed by atoms with E-state index in [1.165, 1.54) is 6.92 Å². The third kappa shape index (κ3) is 4.72. The molecule has 0 aromatic heterocycles. The molecule has 0 bridgehead atoms. The van der Waals surface area contributed by atoms with Crippen molar-refractivity contribution in [3.05, 3.63) is 65.2 Å². The summed E-state index contributed by atoms with van der Waals surface area (Å²) in [6.45, 7) is 1.97. The second kappa shape index (κ2) is 7.81. The second-order valence-corrected chi connectivity index (χ2v) is 5.03. The number of amides is 1. The van der Waals surface area contributed by atoms with Gasteiger partial charge in [0.05, 0.1) is 0 Å². The van der Waals surface area contributed by atoms with Crippen molar-refractivity contribution in [3.8, 4) is 11.8 Å². The highest BCUT2D eigenvalue weighted by Gasteiger charge is 2.12. The van der Waals surface area contributed by atoms with Crippen LogP contribution in [0.25, 0.3) is 0 Å². The van der Waals surface area contributed by atoms with Crippen LogP contribution in [0, 0.1) is 11.8 Å². The standard InChI is InChI=1S/C19H18N2O2/c1-14(22)21-12-6-5-7-15-10-11-18(20)17(13-15)19(23)16-8-3-2-4-9-16/h2-4,8-11,13H,6,12,20H2,1H3,(H,21,22). The van der Waals surface area contributed by atoms with Gasteiger partial charge in [0, 0.05) is 42.3 Å². The van der Waals surface area contributed by atoms with E-state index in [-0.39, 0.29) is 11.7 Å². The van der Waals surface area contributed by atoms with Crippen molar-refractivity contribution in [2.24, 2.45) is 0 Å². The molecule has 1 amide bonds. The number of nitrogen functional groups attached to an aromatic ring is 1. The molecule has 3 N–H and O–H groups in total. The third-order valence-electron chi connectivity index (χ3n) is 3.19. The minimum absolute atomic E-state index is 0.0740. The number of anilines is 1. The van der Waals surface area contributed by atoms with Gasteiger partial charge in [-0.1, -0.05) is 42.2 Å². The molecule has 2 aromatic rings. The Kier molecular flexibility index (Phi) is 5.54. The Morgan fingerprint density at radius 2 is 1.87 bits per heavy atom. The Labute approximate surface area is 135 Å². The van der Waals surface area contributed by atoms with Crippen molar-refractivity contribution in [1.29, 1.82) is 0 Å². The van der Waals surface area contributed by atoms with Crippen LogP contribution >= 0.6 is 0 Å². The first-order valence-electron chi connectivity index (χ1n) is 7.30. The number of hydrogen-bond donors (Lipinski definition) is 2. The van der Waals surface area contributed by atoms with Gasteiger partial charge in [-0.25, -0.2) is 0 Å². The Balaban J connectivity index is 2.15. The van der Waals surface area contributed by atoms with Crippen molar-refractivity contribution >= 4 is 17.4 Å². The molecule has 4 heteroatoms. The maximum absolute atomic E-state index is 12.5. The summed E-state index contributed by atoms with van der Waals surface area (Å²) in [5, 5.41) is 2.68. The Morgan fingerprint density at radius 3 is 2.57 bits per heavy atom. The molecule has 0 atom stereocenters. The number of rotatable bonds is 4. The molecule has 2 aromatic carbocycles. The van der Waals surface area contributed by atoms with Gasteiger partial charge in [0.25, 0.3) is 0 Å². The van der Waals surface area contributed by atoms with E-state index in [4.69, 9.17) is 5.73 Å². The average molecular weight is 306 g/mol. The second-order valence-electron chi connectivity index (χ2n) is 5.03. The number of carbonyl (C=O) groups is 2. The minimum Gasteiger partial charge on any atom is -0.398 e. The van der Waals surface area contributed by atoms with E-state index in [1.807, 2.05) is 18.2 Å². The monoisotopic (exact) mass is 306 g/mol. The van der Waals surface area contributed by atoms with Gasteiger partial charge in [0.1, 0.15) is 0 Å². The fraction of sp³-hybridized carbons (Fsp3) is 0.158. The maximum atomic E-state index is 12.5. The number of hydrogen-bond acceptors (Lipinski definition) is 3. The molecule has 23 heavy (non-hydrogen) atoms. The summed E-state index contributed by atoms with van der Waals surface area (Å²) in [7, 11) is 0. The average Bonchev–Trinajstić information content (AvgIpc) is 2.56. The molecule has 0 unspecified atom stereocenters. The lowest BCUT2D eigenvalue weighted by Crippen LogP contribution is -2.20. The zero-order valence-electron chi connectivity index (χ0n) is 12.9. The summed E-state index contributed by atoms with van der Waals surface area (Å²) in [5.74, 6) is 5.75. The van der Waals surface area contributed by atoms with Crippen LogP contribution in [0.15, 0.2) is 48.5 Å². The van der Waals surface area contributed by atoms with Gasteiger partial charge in [-0.15, -0.1) is 0 Å². The summed E-state index contributed by atoms with van der Waals surface area (Å²) < 4.78 is 0. The lowest BCUT2D eigenvalue weighted by Gasteiger charge is -2.05. The molecule has 0 spiro atoms. The number of ketones is 1. The highest BCUT2D eigenvalue weighted by Crippen LogP contribution is 2.18. The smallest absolute Gasteiger partial charge is 0.216 e. The molecule has 116 valence electrons. The van der Waals surface area contributed by atoms with Crippen molar-refractivity contribution in [1.82, 2.24) is 5.32 Å². The van der Waals surface area contributed by atoms with Crippen molar-refractivity contribution in [3.63, 3.8) is 0 Å². The normalized spacial score (nSPS) is 9.61. The third-order valence-corrected chi connectivity index (χ3v) is 3.19. The van der Waals surface area contributed by atoms with Gasteiger partial charge < -0.3 is 11.1 Å². The van der Waals surface area contributed by atoms with Crippen LogP contribution in [0.2, 0.25) is 0 Å². The van der Waals surface area contributed by atoms with E-state index in [2.05, 4.69) is 17.2 Å². The van der Waals surface area contributed by atoms with Gasteiger partial charge in [0.2, 0.25) is 5.91 Å². The van der Waals surface area contributed by atoms with Crippen LogP contribution in [-0.4, -0.2) is 18.2 Å². The van der Waals surface area contributed by atoms with E-state index in [0.29, 0.717) is 29.8 Å². The van der Waals surface area contributed by atoms with Gasteiger partial charge in [-0.2, -0.15) is 0 Å². The molecule has 0 heterocycles. The molecular weight excluding hydrogens is 288 g/mol. The van der Waals surface area contributed by atoms with Crippen LogP contribution in [-0.2, 0) is 4.79 Å². The first-order chi connectivity index (χ1) is 11.1. The first kappa shape index (κ1) is 16.3. The van der Waals surface area contributed by atoms with E-state index < -0.39 is 0 Å². The van der Waals surface area contributed by atoms with Crippen molar-refractivity contribution < 1.29 is 9.59 Å². The fourth-order valence-corrected chi connectivity index (χ4v) is 2.04. The highest BCUT2D eigenvalue weighted by atomic mass is 16.1. The molecule has 0 fully saturated rings. The van der Waals surface area contributed by atoms with Crippen LogP contribution in [0.4, 0.5) is 5.69 Å². The van der Waals surface area contributed by atoms with Crippen LogP contribution in [0.3, 0.4) is 0 Å². The van der Waals surface area contributed by atoms with Crippen molar-refractivity contribution in [2.45, 2.75) is 13.3 Å². The molecule has 0 aliphatic heterocycles. The lowest BCUT2D eigenvalue weighted by molar-refractivity contribution is -0.118. The number of benzene rings is 2. The van der Waals surface area contributed by atoms with E-state index in [9.17, 15) is 9.59 Å². The number of carbonyl (C=O) groups excluding carboxylic acids is 2. The predicted molar refractivity (Wildman–Crippen MR) is 90.9 cm³/mol. The van der Waals surface area contributed by atoms with E-state index >= 15 is 0 Å². The summed E-state index contributed by atoms with van der Waals surface area (Å²) in [6, 6.07) is 14.2. The van der Waals surface area contributed by atoms with Crippen LogP contribution < -0.4 is 11.1 Å². The molecule has 0 saturated heterocycles. The molecular formula is C19H18N2O2. The quantitative estimate of drug-likeness (QED) is 0.394. The largest absolute Gasteiger partial charge is 0.398 e. The SMILES string of the molecule is CC(=O)NCCC#Cc1ccc(N)c(C(=O)c2ccccc2)c1. The van der Waals surface area contributed by atoms with Crippen LogP contribution in [0.1, 0.15) is 34.8 Å². The lowest BCUT2D eigenvalue weighted by atomic mass is 10.00. The van der Waals surface area contributed by atoms with Gasteiger partial charge >= 0.3 is 0 Å². The Bertz CT molecular complexity index is 771. The molecule has 4 nitrogen and oxygen atoms in total. The van der Waals surface area contributed by atoms with Gasteiger partial charge in [-0.3, -0.25) is 9.59 Å². The van der Waals surface area contributed by atoms with Crippen LogP contribution in [0.5, 0.6) is 0 Å². The number of nitrogens with two attached hydrogens (primary N) is 1. The molecule has 0 saturated carbocycles. The van der Waals surface area contributed by atoms with E-state index in [1.54, 1.807) is 30.3 Å². The minimum atomic E-state index is -0.120. The van der Waals surface area contributed by atoms with Crippen molar-refractivity contribution in [2.75, 3.05) is 12.3 Å². The van der Waals surface area contributed by atoms with Gasteiger partial charge in [-0.05, 0) is 18.2 Å². The predicted octanol–water partition coefficient (Wildman–Crippen LogP) is 2.38. The molecule has 0 aliphatic carbocycles. The highest BCUT2D eigenvalue weighted by molar-refractivity contribution is 6.12. The molecule has 2 rings (SSSR count).